The average Bonchev–Trinajstić information content (AvgIpc) is 2.47. The third-order valence-corrected chi connectivity index (χ3v) is 1.62. The molecule has 1 aromatic heterocycles. The largest absolute Gasteiger partial charge is 0.497 e. The summed E-state index contributed by atoms with van der Waals surface area (Å²) in [6.07, 6.45) is 0. The number of hydrogen-bond acceptors (Lipinski definition) is 3. The van der Waals surface area contributed by atoms with E-state index < -0.39 is 0 Å². The van der Waals surface area contributed by atoms with Crippen molar-refractivity contribution in [1.29, 1.82) is 0 Å². The second kappa shape index (κ2) is 2.37. The van der Waals surface area contributed by atoms with Gasteiger partial charge in [-0.3, -0.25) is 0 Å². The Bertz CT molecular complexity index is 410. The molecule has 1 radical (unpaired) electrons. The van der Waals surface area contributed by atoms with Crippen molar-refractivity contribution in [3.05, 3.63) is 18.2 Å². The summed E-state index contributed by atoms with van der Waals surface area (Å²) in [5.74, 6) is 0.627. The number of methoxy groups -OCH3 is 1. The lowest BCUT2D eigenvalue weighted by Crippen LogP contribution is -1.89. The molecule has 0 saturated heterocycles. The van der Waals surface area contributed by atoms with Crippen LogP contribution in [-0.4, -0.2) is 22.3 Å². The molecule has 0 bridgehead atoms. The molecule has 12 heavy (non-hydrogen) atoms. The Hall–Kier alpha value is -1.78. The lowest BCUT2D eigenvalue weighted by molar-refractivity contribution is 0.0650. The van der Waals surface area contributed by atoms with E-state index in [0.717, 1.165) is 0 Å². The first-order valence-electron chi connectivity index (χ1n) is 3.38. The number of aromatic nitrogens is 3. The molecule has 0 saturated carbocycles. The number of benzene rings is 1. The van der Waals surface area contributed by atoms with Crippen LogP contribution in [0, 0.1) is 0 Å². The van der Waals surface area contributed by atoms with Crippen LogP contribution in [-0.2, 0) is 5.21 Å². The molecule has 1 heterocycles. The van der Waals surface area contributed by atoms with Crippen LogP contribution in [0.2, 0.25) is 0 Å². The standard InChI is InChI=1S/C7H6N3O2/c1-12-5-2-3-6-7(4-5)10(11)9-8-6/h2-4H,1H3. The minimum absolute atomic E-state index is 0.425. The summed E-state index contributed by atoms with van der Waals surface area (Å²) in [6.45, 7) is 0. The number of fused-ring (bicyclic) bond motifs is 1. The maximum Gasteiger partial charge on any atom is 0.139 e. The summed E-state index contributed by atoms with van der Waals surface area (Å²) in [5.41, 5.74) is 1.00. The molecule has 0 amide bonds. The van der Waals surface area contributed by atoms with Crippen LogP contribution in [0.4, 0.5) is 0 Å². The second-order valence-corrected chi connectivity index (χ2v) is 2.32. The van der Waals surface area contributed by atoms with Gasteiger partial charge in [-0.25, -0.2) is 0 Å². The summed E-state index contributed by atoms with van der Waals surface area (Å²) in [7, 11) is 1.54. The Balaban J connectivity index is 2.71. The summed E-state index contributed by atoms with van der Waals surface area (Å²) in [4.78, 5) is 0.470. The van der Waals surface area contributed by atoms with Gasteiger partial charge < -0.3 is 4.74 Å². The fourth-order valence-corrected chi connectivity index (χ4v) is 1.00. The SMILES string of the molecule is COc1ccc2nnn([O])c2c1. The molecule has 5 nitrogen and oxygen atoms in total. The van der Waals surface area contributed by atoms with E-state index >= 15 is 0 Å². The fourth-order valence-electron chi connectivity index (χ4n) is 1.00. The van der Waals surface area contributed by atoms with Crippen LogP contribution in [0.1, 0.15) is 0 Å². The first-order valence-corrected chi connectivity index (χ1v) is 3.38. The predicted molar refractivity (Wildman–Crippen MR) is 40.2 cm³/mol. The zero-order valence-electron chi connectivity index (χ0n) is 6.39. The van der Waals surface area contributed by atoms with Crippen molar-refractivity contribution < 1.29 is 9.94 Å². The van der Waals surface area contributed by atoms with E-state index in [9.17, 15) is 5.21 Å². The third-order valence-electron chi connectivity index (χ3n) is 1.62. The summed E-state index contributed by atoms with van der Waals surface area (Å²) in [5, 5.41) is 17.9. The van der Waals surface area contributed by atoms with Crippen molar-refractivity contribution in [3.8, 4) is 5.75 Å². The Labute approximate surface area is 68.1 Å². The zero-order valence-corrected chi connectivity index (χ0v) is 6.39. The lowest BCUT2D eigenvalue weighted by Gasteiger charge is -1.96. The van der Waals surface area contributed by atoms with Gasteiger partial charge in [-0.05, 0) is 22.2 Å². The predicted octanol–water partition coefficient (Wildman–Crippen LogP) is 0.633. The first-order chi connectivity index (χ1) is 5.81. The quantitative estimate of drug-likeness (QED) is 0.621. The topological polar surface area (TPSA) is 59.8 Å². The van der Waals surface area contributed by atoms with Gasteiger partial charge in [-0.1, -0.05) is 0 Å². The highest BCUT2D eigenvalue weighted by atomic mass is 16.5. The van der Waals surface area contributed by atoms with E-state index in [2.05, 4.69) is 10.3 Å². The number of ether oxygens (including phenoxy) is 1. The van der Waals surface area contributed by atoms with Crippen molar-refractivity contribution in [1.82, 2.24) is 15.2 Å². The van der Waals surface area contributed by atoms with Crippen molar-refractivity contribution >= 4 is 11.0 Å². The van der Waals surface area contributed by atoms with Crippen LogP contribution in [0.3, 0.4) is 0 Å². The summed E-state index contributed by atoms with van der Waals surface area (Å²) < 4.78 is 4.94. The first kappa shape index (κ1) is 6.90. The Morgan fingerprint density at radius 2 is 2.33 bits per heavy atom. The highest BCUT2D eigenvalue weighted by molar-refractivity contribution is 5.75. The monoisotopic (exact) mass is 164 g/mol. The van der Waals surface area contributed by atoms with Crippen LogP contribution >= 0.6 is 0 Å². The molecule has 5 heteroatoms. The molecule has 2 rings (SSSR count). The van der Waals surface area contributed by atoms with E-state index in [1.807, 2.05) is 0 Å². The molecule has 0 fully saturated rings. The Morgan fingerprint density at radius 3 is 3.08 bits per heavy atom. The van der Waals surface area contributed by atoms with Crippen LogP contribution < -0.4 is 4.74 Å². The lowest BCUT2D eigenvalue weighted by atomic mass is 10.3. The zero-order chi connectivity index (χ0) is 8.55. The normalized spacial score (nSPS) is 10.4. The van der Waals surface area contributed by atoms with Crippen LogP contribution in [0.25, 0.3) is 11.0 Å². The molecule has 0 spiro atoms. The molecule has 0 N–H and O–H groups in total. The maximum atomic E-state index is 10.9. The van der Waals surface area contributed by atoms with Crippen molar-refractivity contribution in [2.45, 2.75) is 0 Å². The molecule has 0 aliphatic carbocycles. The fraction of sp³-hybridized carbons (Fsp3) is 0.143. The smallest absolute Gasteiger partial charge is 0.139 e. The van der Waals surface area contributed by atoms with Crippen molar-refractivity contribution in [3.63, 3.8) is 0 Å². The molecule has 61 valence electrons. The van der Waals surface area contributed by atoms with Gasteiger partial charge in [0.25, 0.3) is 0 Å². The molecule has 0 aliphatic rings. The van der Waals surface area contributed by atoms with Gasteiger partial charge in [0, 0.05) is 6.07 Å². The van der Waals surface area contributed by atoms with E-state index in [0.29, 0.717) is 21.6 Å². The van der Waals surface area contributed by atoms with Gasteiger partial charge in [-0.15, -0.1) is 10.3 Å². The number of rotatable bonds is 1. The number of hydrogen-bond donors (Lipinski definition) is 0. The minimum Gasteiger partial charge on any atom is -0.497 e. The summed E-state index contributed by atoms with van der Waals surface area (Å²) in [6, 6.07) is 5.02. The van der Waals surface area contributed by atoms with E-state index in [4.69, 9.17) is 4.74 Å². The maximum absolute atomic E-state index is 10.9. The average molecular weight is 164 g/mol. The second-order valence-electron chi connectivity index (χ2n) is 2.32. The number of nitrogens with zero attached hydrogens (tertiary/aromatic N) is 3. The Morgan fingerprint density at radius 1 is 1.50 bits per heavy atom. The molecule has 0 atom stereocenters. The van der Waals surface area contributed by atoms with Crippen molar-refractivity contribution in [2.24, 2.45) is 0 Å². The van der Waals surface area contributed by atoms with Gasteiger partial charge in [0.15, 0.2) is 0 Å². The van der Waals surface area contributed by atoms with Crippen LogP contribution in [0.15, 0.2) is 18.2 Å². The van der Waals surface area contributed by atoms with Gasteiger partial charge in [0.2, 0.25) is 0 Å². The highest BCUT2D eigenvalue weighted by Gasteiger charge is 2.04. The molecule has 1 aromatic carbocycles. The van der Waals surface area contributed by atoms with Gasteiger partial charge in [-0.2, -0.15) is 0 Å². The minimum atomic E-state index is 0.425. The molecule has 2 aromatic rings. The van der Waals surface area contributed by atoms with Gasteiger partial charge >= 0.3 is 0 Å². The summed E-state index contributed by atoms with van der Waals surface area (Å²) >= 11 is 0. The van der Waals surface area contributed by atoms with E-state index in [1.54, 1.807) is 25.3 Å². The van der Waals surface area contributed by atoms with Gasteiger partial charge in [0.05, 0.1) is 7.11 Å². The van der Waals surface area contributed by atoms with E-state index in [-0.39, 0.29) is 0 Å². The molecular formula is C7H6N3O2. The third kappa shape index (κ3) is 0.868. The molecular weight excluding hydrogens is 158 g/mol. The van der Waals surface area contributed by atoms with Crippen LogP contribution in [0.5, 0.6) is 5.75 Å². The highest BCUT2D eigenvalue weighted by Crippen LogP contribution is 2.17. The molecule has 0 aliphatic heterocycles. The van der Waals surface area contributed by atoms with E-state index in [1.165, 1.54) is 0 Å². The molecule has 0 unspecified atom stereocenters. The van der Waals surface area contributed by atoms with Crippen molar-refractivity contribution in [2.75, 3.05) is 7.11 Å². The Kier molecular flexibility index (Phi) is 1.36. The van der Waals surface area contributed by atoms with Gasteiger partial charge in [0.1, 0.15) is 16.8 Å².